The van der Waals surface area contributed by atoms with Gasteiger partial charge in [0.2, 0.25) is 0 Å². The van der Waals surface area contributed by atoms with Crippen molar-refractivity contribution in [3.8, 4) is 0 Å². The Balaban J connectivity index is 0. The summed E-state index contributed by atoms with van der Waals surface area (Å²) in [5.74, 6) is -1.60. The summed E-state index contributed by atoms with van der Waals surface area (Å²) < 4.78 is 39.3. The maximum atomic E-state index is 5.98. The Kier molecular flexibility index (Phi) is 30.2. The van der Waals surface area contributed by atoms with Crippen molar-refractivity contribution in [3.05, 3.63) is 0 Å². The second-order valence-electron chi connectivity index (χ2n) is 10.4. The SMILES string of the molecule is CCCCCCCCC(CCC)C(OCC)(OCC)OCC.CCCCCCCCC(OC)C(OC)(OC)OC. The Bertz CT molecular complexity index is 474. The van der Waals surface area contributed by atoms with Gasteiger partial charge in [0.25, 0.3) is 5.97 Å². The molecule has 0 saturated heterocycles. The van der Waals surface area contributed by atoms with Crippen molar-refractivity contribution in [2.75, 3.05) is 48.3 Å². The molecule has 0 aliphatic heterocycles. The standard InChI is InChI=1S/C19H40O3.C14H30O4/c1-6-11-12-13-14-15-17-18(16-7-2)19(20-8-3,21-9-4)22-10-5;1-6-7-8-9-10-11-12-13(15-2)14(16-3,17-4)18-5/h18H,6-17H2,1-5H3;13H,6-12H2,1-5H3. The van der Waals surface area contributed by atoms with Gasteiger partial charge in [0.1, 0.15) is 6.10 Å². The number of ether oxygens (including phenoxy) is 7. The Labute approximate surface area is 249 Å². The molecule has 7 heteroatoms. The van der Waals surface area contributed by atoms with Crippen molar-refractivity contribution < 1.29 is 33.2 Å². The first-order chi connectivity index (χ1) is 19.4. The maximum absolute atomic E-state index is 5.98. The van der Waals surface area contributed by atoms with E-state index in [1.165, 1.54) is 70.6 Å². The lowest BCUT2D eigenvalue weighted by atomic mass is 9.93. The summed E-state index contributed by atoms with van der Waals surface area (Å²) in [6.07, 6.45) is 19.5. The summed E-state index contributed by atoms with van der Waals surface area (Å²) in [4.78, 5) is 0. The first-order valence-electron chi connectivity index (χ1n) is 16.5. The molecule has 0 fully saturated rings. The normalized spacial score (nSPS) is 13.7. The highest BCUT2D eigenvalue weighted by atomic mass is 16.9. The molecule has 0 aromatic heterocycles. The third kappa shape index (κ3) is 17.6. The highest BCUT2D eigenvalue weighted by Crippen LogP contribution is 2.34. The minimum atomic E-state index is -1.09. The van der Waals surface area contributed by atoms with Gasteiger partial charge >= 0.3 is 5.97 Å². The van der Waals surface area contributed by atoms with Gasteiger partial charge in [-0.1, -0.05) is 104 Å². The summed E-state index contributed by atoms with van der Waals surface area (Å²) in [5, 5.41) is 0. The molecule has 0 aromatic rings. The quantitative estimate of drug-likeness (QED) is 0.0677. The fourth-order valence-corrected chi connectivity index (χ4v) is 5.29. The molecular weight excluding hydrogens is 508 g/mol. The molecule has 0 amide bonds. The smallest absolute Gasteiger partial charge is 0.310 e. The van der Waals surface area contributed by atoms with E-state index in [2.05, 4.69) is 20.8 Å². The summed E-state index contributed by atoms with van der Waals surface area (Å²) in [6.45, 7) is 14.6. The molecule has 0 spiro atoms. The van der Waals surface area contributed by atoms with Gasteiger partial charge in [0, 0.05) is 54.2 Å². The van der Waals surface area contributed by atoms with Crippen molar-refractivity contribution in [1.82, 2.24) is 0 Å². The number of methoxy groups -OCH3 is 4. The highest BCUT2D eigenvalue weighted by Gasteiger charge is 2.41. The minimum Gasteiger partial charge on any atom is -0.373 e. The number of rotatable bonds is 28. The second-order valence-corrected chi connectivity index (χ2v) is 10.4. The van der Waals surface area contributed by atoms with E-state index in [0.29, 0.717) is 25.7 Å². The van der Waals surface area contributed by atoms with Crippen molar-refractivity contribution in [1.29, 1.82) is 0 Å². The molecule has 0 aromatic carbocycles. The molecule has 0 aliphatic carbocycles. The van der Waals surface area contributed by atoms with Gasteiger partial charge in [0.05, 0.1) is 0 Å². The molecule has 2 unspecified atom stereocenters. The van der Waals surface area contributed by atoms with Crippen molar-refractivity contribution in [2.24, 2.45) is 5.92 Å². The summed E-state index contributed by atoms with van der Waals surface area (Å²) >= 11 is 0. The van der Waals surface area contributed by atoms with Gasteiger partial charge in [-0.15, -0.1) is 0 Å². The predicted octanol–water partition coefficient (Wildman–Crippen LogP) is 9.26. The maximum Gasteiger partial charge on any atom is 0.310 e. The number of unbranched alkanes of at least 4 members (excludes halogenated alkanes) is 10. The molecular formula is C33H70O7. The van der Waals surface area contributed by atoms with E-state index in [1.807, 2.05) is 20.8 Å². The number of hydrogen-bond acceptors (Lipinski definition) is 7. The fourth-order valence-electron chi connectivity index (χ4n) is 5.29. The van der Waals surface area contributed by atoms with E-state index in [4.69, 9.17) is 33.2 Å². The molecule has 0 N–H and O–H groups in total. The van der Waals surface area contributed by atoms with Crippen molar-refractivity contribution in [3.63, 3.8) is 0 Å². The zero-order valence-electron chi connectivity index (χ0n) is 28.4. The van der Waals surface area contributed by atoms with Crippen LogP contribution in [0.3, 0.4) is 0 Å². The van der Waals surface area contributed by atoms with Crippen LogP contribution in [0.2, 0.25) is 0 Å². The molecule has 0 rings (SSSR count). The Morgan fingerprint density at radius 1 is 0.425 bits per heavy atom. The Morgan fingerprint density at radius 3 is 1.18 bits per heavy atom. The van der Waals surface area contributed by atoms with Crippen LogP contribution in [0, 0.1) is 5.92 Å². The first kappa shape index (κ1) is 41.9. The second kappa shape index (κ2) is 28.8. The fraction of sp³-hybridized carbons (Fsp3) is 1.00. The summed E-state index contributed by atoms with van der Waals surface area (Å²) in [6, 6.07) is 0. The van der Waals surface area contributed by atoms with Crippen LogP contribution < -0.4 is 0 Å². The van der Waals surface area contributed by atoms with Crippen LogP contribution in [0.4, 0.5) is 0 Å². The number of hydrogen-bond donors (Lipinski definition) is 0. The van der Waals surface area contributed by atoms with Gasteiger partial charge in [-0.2, -0.15) is 0 Å². The highest BCUT2D eigenvalue weighted by molar-refractivity contribution is 4.73. The average molecular weight is 579 g/mol. The molecule has 0 saturated carbocycles. The van der Waals surface area contributed by atoms with Gasteiger partial charge in [0.15, 0.2) is 0 Å². The van der Waals surface area contributed by atoms with E-state index in [9.17, 15) is 0 Å². The van der Waals surface area contributed by atoms with Crippen LogP contribution >= 0.6 is 0 Å². The Morgan fingerprint density at radius 2 is 0.825 bits per heavy atom. The van der Waals surface area contributed by atoms with E-state index < -0.39 is 11.9 Å². The van der Waals surface area contributed by atoms with Crippen LogP contribution in [-0.4, -0.2) is 66.3 Å². The lowest BCUT2D eigenvalue weighted by Crippen LogP contribution is -2.48. The lowest BCUT2D eigenvalue weighted by Gasteiger charge is -2.39. The van der Waals surface area contributed by atoms with Crippen LogP contribution in [0.1, 0.15) is 144 Å². The zero-order chi connectivity index (χ0) is 30.5. The van der Waals surface area contributed by atoms with Gasteiger partial charge in [-0.3, -0.25) is 0 Å². The topological polar surface area (TPSA) is 64.6 Å². The van der Waals surface area contributed by atoms with E-state index in [0.717, 1.165) is 32.1 Å². The van der Waals surface area contributed by atoms with Gasteiger partial charge in [-0.05, 0) is 40.0 Å². The lowest BCUT2D eigenvalue weighted by molar-refractivity contribution is -0.403. The minimum absolute atomic E-state index is 0.205. The average Bonchev–Trinajstić information content (AvgIpc) is 2.96. The van der Waals surface area contributed by atoms with Gasteiger partial charge in [-0.25, -0.2) is 0 Å². The molecule has 7 nitrogen and oxygen atoms in total. The summed E-state index contributed by atoms with van der Waals surface area (Å²) in [7, 11) is 6.37. The molecule has 0 aliphatic rings. The molecule has 40 heavy (non-hydrogen) atoms. The molecule has 2 atom stereocenters. The monoisotopic (exact) mass is 579 g/mol. The van der Waals surface area contributed by atoms with Gasteiger partial charge < -0.3 is 33.2 Å². The molecule has 0 heterocycles. The molecule has 0 radical (unpaired) electrons. The molecule has 0 bridgehead atoms. The van der Waals surface area contributed by atoms with E-state index >= 15 is 0 Å². The largest absolute Gasteiger partial charge is 0.373 e. The van der Waals surface area contributed by atoms with Crippen LogP contribution in [-0.2, 0) is 33.2 Å². The summed E-state index contributed by atoms with van der Waals surface area (Å²) in [5.41, 5.74) is 0. The van der Waals surface area contributed by atoms with E-state index in [-0.39, 0.29) is 6.10 Å². The van der Waals surface area contributed by atoms with E-state index in [1.54, 1.807) is 28.4 Å². The third-order valence-electron chi connectivity index (χ3n) is 7.43. The van der Waals surface area contributed by atoms with Crippen molar-refractivity contribution in [2.45, 2.75) is 162 Å². The third-order valence-corrected chi connectivity index (χ3v) is 7.43. The molecule has 244 valence electrons. The zero-order valence-corrected chi connectivity index (χ0v) is 28.4. The van der Waals surface area contributed by atoms with Crippen molar-refractivity contribution >= 4 is 0 Å². The first-order valence-corrected chi connectivity index (χ1v) is 16.5. The predicted molar refractivity (Wildman–Crippen MR) is 167 cm³/mol. The van der Waals surface area contributed by atoms with Crippen LogP contribution in [0.5, 0.6) is 0 Å². The van der Waals surface area contributed by atoms with Crippen LogP contribution in [0.15, 0.2) is 0 Å². The van der Waals surface area contributed by atoms with Crippen LogP contribution in [0.25, 0.3) is 0 Å². The Hall–Kier alpha value is -0.280.